The maximum atomic E-state index is 13.1. The molecule has 0 bridgehead atoms. The van der Waals surface area contributed by atoms with Crippen molar-refractivity contribution in [2.45, 2.75) is 19.3 Å². The van der Waals surface area contributed by atoms with Gasteiger partial charge in [-0.3, -0.25) is 4.79 Å². The second-order valence-corrected chi connectivity index (χ2v) is 7.16. The Morgan fingerprint density at radius 3 is 2.62 bits per heavy atom. The highest BCUT2D eigenvalue weighted by Gasteiger charge is 2.26. The molecule has 4 rings (SSSR count). The predicted molar refractivity (Wildman–Crippen MR) is 105 cm³/mol. The van der Waals surface area contributed by atoms with Gasteiger partial charge in [0.15, 0.2) is 0 Å². The molecule has 0 N–H and O–H groups in total. The van der Waals surface area contributed by atoms with Gasteiger partial charge in [-0.2, -0.15) is 4.98 Å². The summed E-state index contributed by atoms with van der Waals surface area (Å²) in [7, 11) is 1.57. The maximum Gasteiger partial charge on any atom is 0.257 e. The summed E-state index contributed by atoms with van der Waals surface area (Å²) in [6, 6.07) is 13.3. The van der Waals surface area contributed by atoms with E-state index in [1.165, 1.54) is 12.1 Å². The summed E-state index contributed by atoms with van der Waals surface area (Å²) in [6.07, 6.45) is 2.41. The summed E-state index contributed by atoms with van der Waals surface area (Å²) in [6.45, 7) is 1.36. The maximum absolute atomic E-state index is 13.1. The van der Waals surface area contributed by atoms with Gasteiger partial charge in [0, 0.05) is 25.1 Å². The number of hydrogen-bond donors (Lipinski definition) is 0. The zero-order valence-electron chi connectivity index (χ0n) is 16.2. The Hall–Kier alpha value is -3.22. The van der Waals surface area contributed by atoms with Gasteiger partial charge < -0.3 is 14.2 Å². The van der Waals surface area contributed by atoms with Gasteiger partial charge in [-0.15, -0.1) is 0 Å². The largest absolute Gasteiger partial charge is 0.496 e. The van der Waals surface area contributed by atoms with E-state index in [4.69, 9.17) is 9.26 Å². The molecule has 1 aliphatic heterocycles. The topological polar surface area (TPSA) is 68.5 Å². The molecule has 1 aromatic heterocycles. The van der Waals surface area contributed by atoms with E-state index in [9.17, 15) is 9.18 Å². The normalized spacial score (nSPS) is 14.8. The molecular weight excluding hydrogens is 373 g/mol. The van der Waals surface area contributed by atoms with Crippen molar-refractivity contribution in [2.24, 2.45) is 5.92 Å². The third-order valence-electron chi connectivity index (χ3n) is 5.27. The number of carbonyl (C=O) groups is 1. The van der Waals surface area contributed by atoms with Gasteiger partial charge >= 0.3 is 0 Å². The van der Waals surface area contributed by atoms with Crippen LogP contribution >= 0.6 is 0 Å². The number of piperidine rings is 1. The van der Waals surface area contributed by atoms with E-state index in [2.05, 4.69) is 10.1 Å². The number of hydrogen-bond acceptors (Lipinski definition) is 5. The van der Waals surface area contributed by atoms with Crippen LogP contribution in [-0.2, 0) is 6.42 Å². The number of amides is 1. The molecule has 0 spiro atoms. The summed E-state index contributed by atoms with van der Waals surface area (Å²) >= 11 is 0. The average molecular weight is 395 g/mol. The first-order valence-corrected chi connectivity index (χ1v) is 9.65. The highest BCUT2D eigenvalue weighted by molar-refractivity contribution is 5.97. The molecule has 7 heteroatoms. The molecule has 2 aromatic carbocycles. The van der Waals surface area contributed by atoms with Gasteiger partial charge in [-0.1, -0.05) is 17.3 Å². The van der Waals surface area contributed by atoms with Crippen molar-refractivity contribution < 1.29 is 18.4 Å². The van der Waals surface area contributed by atoms with E-state index >= 15 is 0 Å². The fourth-order valence-electron chi connectivity index (χ4n) is 3.63. The van der Waals surface area contributed by atoms with Crippen molar-refractivity contribution in [1.29, 1.82) is 0 Å². The SMILES string of the molecule is COc1ccccc1C(=O)N1CCC(Cc2nc(-c3ccc(F)cc3)no2)CC1. The van der Waals surface area contributed by atoms with Crippen molar-refractivity contribution in [3.05, 3.63) is 65.8 Å². The zero-order valence-corrected chi connectivity index (χ0v) is 16.2. The van der Waals surface area contributed by atoms with E-state index in [0.717, 1.165) is 18.4 Å². The monoisotopic (exact) mass is 395 g/mol. The smallest absolute Gasteiger partial charge is 0.257 e. The molecule has 0 saturated carbocycles. The lowest BCUT2D eigenvalue weighted by atomic mass is 9.93. The number of para-hydroxylation sites is 1. The van der Waals surface area contributed by atoms with Crippen LogP contribution in [0.5, 0.6) is 5.75 Å². The van der Waals surface area contributed by atoms with Crippen LogP contribution in [0.1, 0.15) is 29.1 Å². The zero-order chi connectivity index (χ0) is 20.2. The van der Waals surface area contributed by atoms with Gasteiger partial charge in [0.25, 0.3) is 5.91 Å². The molecule has 6 nitrogen and oxygen atoms in total. The first-order valence-electron chi connectivity index (χ1n) is 9.65. The molecule has 1 amide bonds. The van der Waals surface area contributed by atoms with Crippen molar-refractivity contribution in [3.63, 3.8) is 0 Å². The highest BCUT2D eigenvalue weighted by Crippen LogP contribution is 2.26. The summed E-state index contributed by atoms with van der Waals surface area (Å²) in [5, 5.41) is 4.00. The standard InChI is InChI=1S/C22H22FN3O3/c1-28-19-5-3-2-4-18(19)22(27)26-12-10-15(11-13-26)14-20-24-21(25-29-20)16-6-8-17(23)9-7-16/h2-9,15H,10-14H2,1H3. The minimum atomic E-state index is -0.299. The fraction of sp³-hybridized carbons (Fsp3) is 0.318. The van der Waals surface area contributed by atoms with Crippen LogP contribution in [0.4, 0.5) is 4.39 Å². The summed E-state index contributed by atoms with van der Waals surface area (Å²) in [5.41, 5.74) is 1.31. The van der Waals surface area contributed by atoms with Gasteiger partial charge in [0.2, 0.25) is 11.7 Å². The number of rotatable bonds is 5. The van der Waals surface area contributed by atoms with E-state index in [-0.39, 0.29) is 11.7 Å². The van der Waals surface area contributed by atoms with Crippen LogP contribution in [0.15, 0.2) is 53.1 Å². The number of ether oxygens (including phenoxy) is 1. The minimum Gasteiger partial charge on any atom is -0.496 e. The third kappa shape index (κ3) is 4.29. The van der Waals surface area contributed by atoms with E-state index in [0.29, 0.717) is 48.5 Å². The van der Waals surface area contributed by atoms with Crippen LogP contribution in [0, 0.1) is 11.7 Å². The highest BCUT2D eigenvalue weighted by atomic mass is 19.1. The molecule has 1 fully saturated rings. The Morgan fingerprint density at radius 1 is 1.17 bits per heavy atom. The van der Waals surface area contributed by atoms with Crippen molar-refractivity contribution in [3.8, 4) is 17.1 Å². The molecule has 0 atom stereocenters. The van der Waals surface area contributed by atoms with E-state index in [1.807, 2.05) is 17.0 Å². The van der Waals surface area contributed by atoms with E-state index in [1.54, 1.807) is 31.4 Å². The number of carbonyl (C=O) groups excluding carboxylic acids is 1. The Balaban J connectivity index is 1.34. The molecule has 29 heavy (non-hydrogen) atoms. The summed E-state index contributed by atoms with van der Waals surface area (Å²) < 4.78 is 23.7. The van der Waals surface area contributed by atoms with Gasteiger partial charge in [-0.05, 0) is 55.2 Å². The molecule has 150 valence electrons. The van der Waals surface area contributed by atoms with Crippen LogP contribution in [0.2, 0.25) is 0 Å². The van der Waals surface area contributed by atoms with Crippen molar-refractivity contribution >= 4 is 5.91 Å². The lowest BCUT2D eigenvalue weighted by molar-refractivity contribution is 0.0684. The molecule has 3 aromatic rings. The van der Waals surface area contributed by atoms with Gasteiger partial charge in [0.1, 0.15) is 11.6 Å². The van der Waals surface area contributed by atoms with E-state index < -0.39 is 0 Å². The lowest BCUT2D eigenvalue weighted by Crippen LogP contribution is -2.39. The van der Waals surface area contributed by atoms with Crippen LogP contribution in [-0.4, -0.2) is 41.1 Å². The number of aromatic nitrogens is 2. The number of likely N-dealkylation sites (tertiary alicyclic amines) is 1. The van der Waals surface area contributed by atoms with Crippen molar-refractivity contribution in [2.75, 3.05) is 20.2 Å². The minimum absolute atomic E-state index is 0.00251. The Kier molecular flexibility index (Phi) is 5.55. The molecule has 1 aliphatic rings. The summed E-state index contributed by atoms with van der Waals surface area (Å²) in [5.74, 6) is 1.70. The predicted octanol–water partition coefficient (Wildman–Crippen LogP) is 3.98. The van der Waals surface area contributed by atoms with Gasteiger partial charge in [-0.25, -0.2) is 4.39 Å². The number of halogens is 1. The third-order valence-corrected chi connectivity index (χ3v) is 5.27. The van der Waals surface area contributed by atoms with Crippen LogP contribution in [0.3, 0.4) is 0 Å². The summed E-state index contributed by atoms with van der Waals surface area (Å²) in [4.78, 5) is 19.1. The van der Waals surface area contributed by atoms with Crippen molar-refractivity contribution in [1.82, 2.24) is 15.0 Å². The Labute approximate surface area is 168 Å². The Morgan fingerprint density at radius 2 is 1.90 bits per heavy atom. The molecular formula is C22H22FN3O3. The number of benzene rings is 2. The second kappa shape index (κ2) is 8.43. The van der Waals surface area contributed by atoms with Crippen LogP contribution in [0.25, 0.3) is 11.4 Å². The average Bonchev–Trinajstić information content (AvgIpc) is 3.22. The molecule has 0 aliphatic carbocycles. The lowest BCUT2D eigenvalue weighted by Gasteiger charge is -2.31. The second-order valence-electron chi connectivity index (χ2n) is 7.16. The first-order chi connectivity index (χ1) is 14.1. The molecule has 1 saturated heterocycles. The molecule has 0 unspecified atom stereocenters. The molecule has 0 radical (unpaired) electrons. The van der Waals surface area contributed by atoms with Gasteiger partial charge in [0.05, 0.1) is 12.7 Å². The fourth-order valence-corrected chi connectivity index (χ4v) is 3.63. The number of methoxy groups -OCH3 is 1. The first kappa shape index (κ1) is 19.1. The quantitative estimate of drug-likeness (QED) is 0.654. The Bertz CT molecular complexity index is 979. The number of nitrogens with zero attached hydrogens (tertiary/aromatic N) is 3. The van der Waals surface area contributed by atoms with Crippen LogP contribution < -0.4 is 4.74 Å². The molecule has 2 heterocycles.